The topological polar surface area (TPSA) is 87.8 Å². The van der Waals surface area contributed by atoms with Gasteiger partial charge in [-0.2, -0.15) is 5.26 Å². The molecular weight excluding hydrogens is 282 g/mol. The molecule has 0 fully saturated rings. The number of unbranched alkanes of at least 4 members (excludes halogenated alkanes) is 2. The van der Waals surface area contributed by atoms with Gasteiger partial charge >= 0.3 is 0 Å². The predicted octanol–water partition coefficient (Wildman–Crippen LogP) is 1.11. The fraction of sp³-hybridized carbons (Fsp3) is 0.750. The number of aliphatic hydroxyl groups excluding tert-OH is 2. The number of nitriles is 1. The van der Waals surface area contributed by atoms with Crippen molar-refractivity contribution in [2.45, 2.75) is 39.5 Å². The SMILES string of the molecule is CCCCN(/C=C(/C#N)C(=O)N(CCO)CCO)CCCC. The van der Waals surface area contributed by atoms with E-state index in [1.807, 2.05) is 11.0 Å². The first kappa shape index (κ1) is 20.4. The highest BCUT2D eigenvalue weighted by Crippen LogP contribution is 2.07. The van der Waals surface area contributed by atoms with Gasteiger partial charge in [-0.1, -0.05) is 26.7 Å². The maximum absolute atomic E-state index is 12.3. The normalized spacial score (nSPS) is 11.1. The maximum Gasteiger partial charge on any atom is 0.266 e. The summed E-state index contributed by atoms with van der Waals surface area (Å²) in [5.41, 5.74) is 0.0501. The lowest BCUT2D eigenvalue weighted by Crippen LogP contribution is -2.37. The third-order valence-electron chi connectivity index (χ3n) is 3.29. The largest absolute Gasteiger partial charge is 0.395 e. The molecule has 1 amide bonds. The Bertz CT molecular complexity index is 363. The third kappa shape index (κ3) is 8.01. The van der Waals surface area contributed by atoms with Crippen molar-refractivity contribution in [1.29, 1.82) is 5.26 Å². The molecule has 126 valence electrons. The molecule has 0 aliphatic rings. The van der Waals surface area contributed by atoms with Gasteiger partial charge in [0.25, 0.3) is 5.91 Å². The molecule has 0 heterocycles. The molecule has 0 atom stereocenters. The minimum Gasteiger partial charge on any atom is -0.395 e. The highest BCUT2D eigenvalue weighted by molar-refractivity contribution is 5.97. The number of carbonyl (C=O) groups excluding carboxylic acids is 1. The van der Waals surface area contributed by atoms with Crippen molar-refractivity contribution in [3.8, 4) is 6.07 Å². The van der Waals surface area contributed by atoms with Crippen LogP contribution in [0.3, 0.4) is 0 Å². The molecule has 6 nitrogen and oxygen atoms in total. The van der Waals surface area contributed by atoms with E-state index in [1.54, 1.807) is 6.20 Å². The maximum atomic E-state index is 12.3. The van der Waals surface area contributed by atoms with Gasteiger partial charge in [-0.25, -0.2) is 0 Å². The summed E-state index contributed by atoms with van der Waals surface area (Å²) in [7, 11) is 0. The molecule has 0 aromatic heterocycles. The molecule has 0 rings (SSSR count). The number of carbonyl (C=O) groups is 1. The van der Waals surface area contributed by atoms with E-state index in [1.165, 1.54) is 4.90 Å². The first-order chi connectivity index (χ1) is 10.6. The van der Waals surface area contributed by atoms with Crippen molar-refractivity contribution in [1.82, 2.24) is 9.80 Å². The van der Waals surface area contributed by atoms with Gasteiger partial charge in [0.15, 0.2) is 0 Å². The van der Waals surface area contributed by atoms with Gasteiger partial charge in [0, 0.05) is 32.4 Å². The highest BCUT2D eigenvalue weighted by atomic mass is 16.3. The average Bonchev–Trinajstić information content (AvgIpc) is 2.53. The Morgan fingerprint density at radius 1 is 1.05 bits per heavy atom. The van der Waals surface area contributed by atoms with Crippen molar-refractivity contribution in [2.24, 2.45) is 0 Å². The molecule has 0 aliphatic heterocycles. The van der Waals surface area contributed by atoms with Gasteiger partial charge in [-0.15, -0.1) is 0 Å². The van der Waals surface area contributed by atoms with Crippen LogP contribution in [0.4, 0.5) is 0 Å². The van der Waals surface area contributed by atoms with Crippen LogP contribution in [0.1, 0.15) is 39.5 Å². The standard InChI is InChI=1S/C16H29N3O3/c1-3-5-7-18(8-6-4-2)14-15(13-17)16(22)19(9-11-20)10-12-21/h14,20-21H,3-12H2,1-2H3/b15-14-. The minimum atomic E-state index is -0.441. The van der Waals surface area contributed by atoms with Gasteiger partial charge in [0.2, 0.25) is 0 Å². The molecule has 0 aromatic carbocycles. The number of amides is 1. The van der Waals surface area contributed by atoms with E-state index in [2.05, 4.69) is 13.8 Å². The highest BCUT2D eigenvalue weighted by Gasteiger charge is 2.18. The molecular formula is C16H29N3O3. The molecule has 0 spiro atoms. The summed E-state index contributed by atoms with van der Waals surface area (Å²) in [5, 5.41) is 27.2. The van der Waals surface area contributed by atoms with Crippen molar-refractivity contribution < 1.29 is 15.0 Å². The van der Waals surface area contributed by atoms with Gasteiger partial charge in [0.1, 0.15) is 11.6 Å². The van der Waals surface area contributed by atoms with E-state index >= 15 is 0 Å². The molecule has 0 saturated carbocycles. The Morgan fingerprint density at radius 3 is 1.91 bits per heavy atom. The second-order valence-electron chi connectivity index (χ2n) is 5.14. The fourth-order valence-electron chi connectivity index (χ4n) is 2.00. The summed E-state index contributed by atoms with van der Waals surface area (Å²) in [5.74, 6) is -0.441. The van der Waals surface area contributed by atoms with Crippen molar-refractivity contribution >= 4 is 5.91 Å². The lowest BCUT2D eigenvalue weighted by Gasteiger charge is -2.23. The lowest BCUT2D eigenvalue weighted by atomic mass is 10.2. The summed E-state index contributed by atoms with van der Waals surface area (Å²) in [6.45, 7) is 5.67. The molecule has 0 saturated heterocycles. The van der Waals surface area contributed by atoms with Crippen LogP contribution in [0.2, 0.25) is 0 Å². The van der Waals surface area contributed by atoms with Crippen molar-refractivity contribution in [3.63, 3.8) is 0 Å². The van der Waals surface area contributed by atoms with Gasteiger partial charge in [-0.3, -0.25) is 4.79 Å². The first-order valence-electron chi connectivity index (χ1n) is 8.01. The molecule has 0 unspecified atom stereocenters. The quantitative estimate of drug-likeness (QED) is 0.416. The van der Waals surface area contributed by atoms with Crippen molar-refractivity contribution in [2.75, 3.05) is 39.4 Å². The van der Waals surface area contributed by atoms with E-state index in [4.69, 9.17) is 10.2 Å². The van der Waals surface area contributed by atoms with Crippen LogP contribution in [0.15, 0.2) is 11.8 Å². The number of nitrogens with zero attached hydrogens (tertiary/aromatic N) is 3. The van der Waals surface area contributed by atoms with E-state index in [-0.39, 0.29) is 31.9 Å². The summed E-state index contributed by atoms with van der Waals surface area (Å²) < 4.78 is 0. The number of rotatable bonds is 12. The van der Waals surface area contributed by atoms with E-state index in [0.717, 1.165) is 38.8 Å². The zero-order valence-electron chi connectivity index (χ0n) is 13.8. The Balaban J connectivity index is 5.03. The number of hydrogen-bond acceptors (Lipinski definition) is 5. The van der Waals surface area contributed by atoms with Crippen LogP contribution < -0.4 is 0 Å². The smallest absolute Gasteiger partial charge is 0.266 e. The molecule has 0 aromatic rings. The molecule has 0 radical (unpaired) electrons. The zero-order chi connectivity index (χ0) is 16.8. The molecule has 0 aliphatic carbocycles. The average molecular weight is 311 g/mol. The Labute approximate surface area is 133 Å². The third-order valence-corrected chi connectivity index (χ3v) is 3.29. The molecule has 22 heavy (non-hydrogen) atoms. The number of hydrogen-bond donors (Lipinski definition) is 2. The Morgan fingerprint density at radius 2 is 1.55 bits per heavy atom. The van der Waals surface area contributed by atoms with Crippen LogP contribution in [0.5, 0.6) is 0 Å². The molecule has 6 heteroatoms. The zero-order valence-corrected chi connectivity index (χ0v) is 13.8. The summed E-state index contributed by atoms with van der Waals surface area (Å²) in [6, 6.07) is 1.95. The van der Waals surface area contributed by atoms with Crippen LogP contribution in [-0.2, 0) is 4.79 Å². The van der Waals surface area contributed by atoms with Crippen LogP contribution >= 0.6 is 0 Å². The minimum absolute atomic E-state index is 0.0501. The lowest BCUT2D eigenvalue weighted by molar-refractivity contribution is -0.127. The Kier molecular flexibility index (Phi) is 12.2. The summed E-state index contributed by atoms with van der Waals surface area (Å²) in [4.78, 5) is 15.6. The Hall–Kier alpha value is -1.58. The predicted molar refractivity (Wildman–Crippen MR) is 85.8 cm³/mol. The van der Waals surface area contributed by atoms with Crippen LogP contribution in [0, 0.1) is 11.3 Å². The van der Waals surface area contributed by atoms with Crippen LogP contribution in [-0.4, -0.2) is 65.3 Å². The summed E-state index contributed by atoms with van der Waals surface area (Å²) in [6.07, 6.45) is 5.73. The van der Waals surface area contributed by atoms with Gasteiger partial charge < -0.3 is 20.0 Å². The van der Waals surface area contributed by atoms with Gasteiger partial charge in [0.05, 0.1) is 13.2 Å². The van der Waals surface area contributed by atoms with Gasteiger partial charge in [-0.05, 0) is 12.8 Å². The monoisotopic (exact) mass is 311 g/mol. The second-order valence-corrected chi connectivity index (χ2v) is 5.14. The van der Waals surface area contributed by atoms with E-state index in [9.17, 15) is 10.1 Å². The van der Waals surface area contributed by atoms with Crippen molar-refractivity contribution in [3.05, 3.63) is 11.8 Å². The molecule has 2 N–H and O–H groups in total. The second kappa shape index (κ2) is 13.1. The fourth-order valence-corrected chi connectivity index (χ4v) is 2.00. The van der Waals surface area contributed by atoms with E-state index in [0.29, 0.717) is 0 Å². The number of aliphatic hydroxyl groups is 2. The molecule has 0 bridgehead atoms. The van der Waals surface area contributed by atoms with Crippen LogP contribution in [0.25, 0.3) is 0 Å². The van der Waals surface area contributed by atoms with E-state index < -0.39 is 5.91 Å². The first-order valence-corrected chi connectivity index (χ1v) is 8.01. The summed E-state index contributed by atoms with van der Waals surface area (Å²) >= 11 is 0.